The maximum Gasteiger partial charge on any atom is 0.0753 e. The van der Waals surface area contributed by atoms with Gasteiger partial charge in [0.1, 0.15) is 0 Å². The Balaban J connectivity index is 2.17. The van der Waals surface area contributed by atoms with Gasteiger partial charge >= 0.3 is 0 Å². The van der Waals surface area contributed by atoms with Crippen molar-refractivity contribution in [2.75, 3.05) is 0 Å². The zero-order valence-electron chi connectivity index (χ0n) is 10.2. The largest absolute Gasteiger partial charge is 0.198 e. The zero-order chi connectivity index (χ0) is 13.0. The van der Waals surface area contributed by atoms with Crippen molar-refractivity contribution in [2.45, 2.75) is 19.3 Å². The summed E-state index contributed by atoms with van der Waals surface area (Å²) in [5.41, 5.74) is 3.43. The third-order valence-electron chi connectivity index (χ3n) is 2.99. The van der Waals surface area contributed by atoms with Gasteiger partial charge in [0.15, 0.2) is 0 Å². The van der Waals surface area contributed by atoms with Crippen LogP contribution in [0.5, 0.6) is 0 Å². The first kappa shape index (κ1) is 12.7. The van der Waals surface area contributed by atoms with Crippen molar-refractivity contribution in [1.82, 2.24) is 0 Å². The van der Waals surface area contributed by atoms with Gasteiger partial charge in [-0.05, 0) is 36.6 Å². The monoisotopic (exact) mass is 255 g/mol. The van der Waals surface area contributed by atoms with E-state index in [2.05, 4.69) is 37.3 Å². The van der Waals surface area contributed by atoms with Gasteiger partial charge < -0.3 is 0 Å². The van der Waals surface area contributed by atoms with E-state index in [0.717, 1.165) is 12.0 Å². The van der Waals surface area contributed by atoms with Crippen LogP contribution in [-0.2, 0) is 6.42 Å². The molecule has 0 heterocycles. The molecule has 0 saturated heterocycles. The van der Waals surface area contributed by atoms with E-state index in [1.165, 1.54) is 11.1 Å². The molecule has 0 N–H and O–H groups in total. The Morgan fingerprint density at radius 3 is 2.22 bits per heavy atom. The SMILES string of the molecule is Cc1ccc(CC(C#N)c2ccc(Cl)cc2)cc1. The molecule has 0 aliphatic heterocycles. The van der Waals surface area contributed by atoms with Crippen molar-refractivity contribution in [2.24, 2.45) is 0 Å². The Morgan fingerprint density at radius 2 is 1.67 bits per heavy atom. The van der Waals surface area contributed by atoms with Gasteiger partial charge in [0.2, 0.25) is 0 Å². The first-order chi connectivity index (χ1) is 8.69. The van der Waals surface area contributed by atoms with Crippen LogP contribution in [0, 0.1) is 18.3 Å². The summed E-state index contributed by atoms with van der Waals surface area (Å²) < 4.78 is 0. The molecule has 1 nitrogen and oxygen atoms in total. The van der Waals surface area contributed by atoms with Gasteiger partial charge in [0, 0.05) is 5.02 Å². The summed E-state index contributed by atoms with van der Waals surface area (Å²) >= 11 is 5.85. The van der Waals surface area contributed by atoms with Crippen LogP contribution in [0.1, 0.15) is 22.6 Å². The number of hydrogen-bond acceptors (Lipinski definition) is 1. The summed E-state index contributed by atoms with van der Waals surface area (Å²) in [4.78, 5) is 0. The normalized spacial score (nSPS) is 11.8. The van der Waals surface area contributed by atoms with Gasteiger partial charge in [-0.1, -0.05) is 53.6 Å². The van der Waals surface area contributed by atoms with E-state index in [1.54, 1.807) is 0 Å². The number of benzene rings is 2. The summed E-state index contributed by atoms with van der Waals surface area (Å²) in [6.45, 7) is 2.06. The lowest BCUT2D eigenvalue weighted by atomic mass is 9.93. The molecule has 0 aliphatic rings. The van der Waals surface area contributed by atoms with Crippen molar-refractivity contribution < 1.29 is 0 Å². The second-order valence-corrected chi connectivity index (χ2v) is 4.86. The molecule has 18 heavy (non-hydrogen) atoms. The molecule has 1 atom stereocenters. The Bertz CT molecular complexity index is 549. The van der Waals surface area contributed by atoms with Crippen LogP contribution in [0.2, 0.25) is 5.02 Å². The van der Waals surface area contributed by atoms with Crippen LogP contribution in [0.15, 0.2) is 48.5 Å². The lowest BCUT2D eigenvalue weighted by Gasteiger charge is -2.10. The van der Waals surface area contributed by atoms with Crippen molar-refractivity contribution in [3.63, 3.8) is 0 Å². The number of nitriles is 1. The maximum absolute atomic E-state index is 9.28. The van der Waals surface area contributed by atoms with E-state index in [4.69, 9.17) is 11.6 Å². The number of aryl methyl sites for hydroxylation is 1. The molecule has 0 aromatic heterocycles. The predicted octanol–water partition coefficient (Wildman–Crippen LogP) is 4.50. The summed E-state index contributed by atoms with van der Waals surface area (Å²) in [5, 5.41) is 9.98. The van der Waals surface area contributed by atoms with Crippen LogP contribution in [0.4, 0.5) is 0 Å². The van der Waals surface area contributed by atoms with Crippen LogP contribution < -0.4 is 0 Å². The second-order valence-electron chi connectivity index (χ2n) is 4.42. The average Bonchev–Trinajstić information content (AvgIpc) is 2.39. The van der Waals surface area contributed by atoms with Gasteiger partial charge in [-0.25, -0.2) is 0 Å². The molecule has 0 radical (unpaired) electrons. The third kappa shape index (κ3) is 3.12. The fraction of sp³-hybridized carbons (Fsp3) is 0.188. The van der Waals surface area contributed by atoms with Crippen molar-refractivity contribution >= 4 is 11.6 Å². The molecule has 2 aromatic carbocycles. The fourth-order valence-corrected chi connectivity index (χ4v) is 2.02. The van der Waals surface area contributed by atoms with E-state index in [0.29, 0.717) is 5.02 Å². The molecule has 0 bridgehead atoms. The zero-order valence-corrected chi connectivity index (χ0v) is 11.0. The van der Waals surface area contributed by atoms with Gasteiger partial charge in [-0.3, -0.25) is 0 Å². The molecule has 2 heteroatoms. The number of hydrogen-bond donors (Lipinski definition) is 0. The number of nitrogens with zero attached hydrogens (tertiary/aromatic N) is 1. The van der Waals surface area contributed by atoms with E-state index in [1.807, 2.05) is 24.3 Å². The lowest BCUT2D eigenvalue weighted by molar-refractivity contribution is 0.849. The highest BCUT2D eigenvalue weighted by Gasteiger charge is 2.11. The Hall–Kier alpha value is -1.78. The quantitative estimate of drug-likeness (QED) is 0.792. The first-order valence-electron chi connectivity index (χ1n) is 5.89. The Labute approximate surface area is 113 Å². The highest BCUT2D eigenvalue weighted by atomic mass is 35.5. The minimum atomic E-state index is -0.120. The fourth-order valence-electron chi connectivity index (χ4n) is 1.89. The molecule has 0 fully saturated rings. The molecule has 90 valence electrons. The molecule has 0 spiro atoms. The molecule has 0 aliphatic carbocycles. The molecule has 2 aromatic rings. The van der Waals surface area contributed by atoms with E-state index < -0.39 is 0 Å². The van der Waals surface area contributed by atoms with Crippen molar-refractivity contribution in [3.05, 3.63) is 70.2 Å². The smallest absolute Gasteiger partial charge is 0.0753 e. The first-order valence-corrected chi connectivity index (χ1v) is 6.27. The molecule has 0 amide bonds. The summed E-state index contributed by atoms with van der Waals surface area (Å²) in [6, 6.07) is 18.2. The number of rotatable bonds is 3. The second kappa shape index (κ2) is 5.71. The highest BCUT2D eigenvalue weighted by Crippen LogP contribution is 2.22. The van der Waals surface area contributed by atoms with Gasteiger partial charge in [0.05, 0.1) is 12.0 Å². The summed E-state index contributed by atoms with van der Waals surface area (Å²) in [6.07, 6.45) is 0.735. The van der Waals surface area contributed by atoms with Crippen LogP contribution in [0.3, 0.4) is 0 Å². The van der Waals surface area contributed by atoms with Crippen LogP contribution in [0.25, 0.3) is 0 Å². The summed E-state index contributed by atoms with van der Waals surface area (Å²) in [5.74, 6) is -0.120. The molecule has 2 rings (SSSR count). The Kier molecular flexibility index (Phi) is 4.02. The van der Waals surface area contributed by atoms with Crippen LogP contribution in [-0.4, -0.2) is 0 Å². The predicted molar refractivity (Wildman–Crippen MR) is 74.7 cm³/mol. The maximum atomic E-state index is 9.28. The summed E-state index contributed by atoms with van der Waals surface area (Å²) in [7, 11) is 0. The third-order valence-corrected chi connectivity index (χ3v) is 3.24. The van der Waals surface area contributed by atoms with Gasteiger partial charge in [-0.2, -0.15) is 5.26 Å². The Morgan fingerprint density at radius 1 is 1.06 bits per heavy atom. The standard InChI is InChI=1S/C16H14ClN/c1-12-2-4-13(5-3-12)10-15(11-18)14-6-8-16(17)9-7-14/h2-9,15H,10H2,1H3. The van der Waals surface area contributed by atoms with E-state index >= 15 is 0 Å². The van der Waals surface area contributed by atoms with E-state index in [9.17, 15) is 5.26 Å². The topological polar surface area (TPSA) is 23.8 Å². The minimum absolute atomic E-state index is 0.120. The van der Waals surface area contributed by atoms with Crippen molar-refractivity contribution in [3.8, 4) is 6.07 Å². The minimum Gasteiger partial charge on any atom is -0.198 e. The van der Waals surface area contributed by atoms with E-state index in [-0.39, 0.29) is 5.92 Å². The molecular formula is C16H14ClN. The average molecular weight is 256 g/mol. The van der Waals surface area contributed by atoms with Crippen LogP contribution >= 0.6 is 11.6 Å². The van der Waals surface area contributed by atoms with Crippen molar-refractivity contribution in [1.29, 1.82) is 5.26 Å². The molecule has 0 saturated carbocycles. The van der Waals surface area contributed by atoms with Gasteiger partial charge in [0.25, 0.3) is 0 Å². The van der Waals surface area contributed by atoms with Gasteiger partial charge in [-0.15, -0.1) is 0 Å². The lowest BCUT2D eigenvalue weighted by Crippen LogP contribution is -2.00. The molecular weight excluding hydrogens is 242 g/mol. The number of halogens is 1. The molecule has 1 unspecified atom stereocenters. The highest BCUT2D eigenvalue weighted by molar-refractivity contribution is 6.30.